The van der Waals surface area contributed by atoms with Crippen molar-refractivity contribution in [1.82, 2.24) is 9.80 Å². The van der Waals surface area contributed by atoms with E-state index >= 15 is 0 Å². The first kappa shape index (κ1) is 19.7. The molecule has 0 aliphatic carbocycles. The van der Waals surface area contributed by atoms with Crippen molar-refractivity contribution in [3.05, 3.63) is 46.2 Å². The van der Waals surface area contributed by atoms with Gasteiger partial charge in [0.15, 0.2) is 0 Å². The Kier molecular flexibility index (Phi) is 6.71. The van der Waals surface area contributed by atoms with E-state index < -0.39 is 16.9 Å². The van der Waals surface area contributed by atoms with Crippen molar-refractivity contribution in [3.63, 3.8) is 0 Å². The molecule has 1 saturated heterocycles. The summed E-state index contributed by atoms with van der Waals surface area (Å²) in [5.74, 6) is -0.736. The summed E-state index contributed by atoms with van der Waals surface area (Å²) >= 11 is 0. The van der Waals surface area contributed by atoms with E-state index in [1.165, 1.54) is 24.4 Å². The first-order chi connectivity index (χ1) is 13.0. The number of nitro groups is 1. The van der Waals surface area contributed by atoms with Gasteiger partial charge >= 0.3 is 6.09 Å². The van der Waals surface area contributed by atoms with Crippen LogP contribution in [-0.2, 0) is 9.53 Å². The molecule has 1 aromatic rings. The van der Waals surface area contributed by atoms with E-state index in [2.05, 4.69) is 5.32 Å². The van der Waals surface area contributed by atoms with E-state index in [1.54, 1.807) is 28.9 Å². The van der Waals surface area contributed by atoms with E-state index in [0.29, 0.717) is 32.8 Å². The molecule has 1 aromatic carbocycles. The van der Waals surface area contributed by atoms with Gasteiger partial charge in [0.25, 0.3) is 11.6 Å². The van der Waals surface area contributed by atoms with Crippen molar-refractivity contribution in [1.29, 1.82) is 5.26 Å². The van der Waals surface area contributed by atoms with Crippen molar-refractivity contribution in [2.75, 3.05) is 38.1 Å². The van der Waals surface area contributed by atoms with Crippen molar-refractivity contribution >= 4 is 23.4 Å². The summed E-state index contributed by atoms with van der Waals surface area (Å²) in [5, 5.41) is 22.7. The first-order valence-electron chi connectivity index (χ1n) is 8.28. The number of nitrogens with zero attached hydrogens (tertiary/aromatic N) is 4. The maximum absolute atomic E-state index is 12.3. The molecule has 0 radical (unpaired) electrons. The number of carbonyl (C=O) groups excluding carboxylic acids is 2. The fourth-order valence-corrected chi connectivity index (χ4v) is 2.50. The zero-order chi connectivity index (χ0) is 19.8. The van der Waals surface area contributed by atoms with Gasteiger partial charge in [-0.25, -0.2) is 4.79 Å². The fraction of sp³-hybridized carbons (Fsp3) is 0.353. The Morgan fingerprint density at radius 2 is 2.00 bits per heavy atom. The van der Waals surface area contributed by atoms with Crippen LogP contribution in [0.5, 0.6) is 0 Å². The molecule has 0 aromatic heterocycles. The van der Waals surface area contributed by atoms with Gasteiger partial charge in [-0.2, -0.15) is 5.26 Å². The highest BCUT2D eigenvalue weighted by atomic mass is 16.6. The summed E-state index contributed by atoms with van der Waals surface area (Å²) in [4.78, 5) is 37.7. The summed E-state index contributed by atoms with van der Waals surface area (Å²) in [6.07, 6.45) is 1.00. The van der Waals surface area contributed by atoms with Crippen molar-refractivity contribution in [3.8, 4) is 6.07 Å². The zero-order valence-corrected chi connectivity index (χ0v) is 14.8. The zero-order valence-electron chi connectivity index (χ0n) is 14.8. The maximum atomic E-state index is 12.3. The normalized spacial score (nSPS) is 14.3. The number of para-hydroxylation sites is 2. The van der Waals surface area contributed by atoms with E-state index in [0.717, 1.165) is 0 Å². The number of nitro benzene ring substituents is 1. The first-order valence-corrected chi connectivity index (χ1v) is 8.28. The van der Waals surface area contributed by atoms with Gasteiger partial charge in [-0.1, -0.05) is 12.1 Å². The number of nitriles is 1. The molecule has 0 atom stereocenters. The van der Waals surface area contributed by atoms with Gasteiger partial charge in [-0.3, -0.25) is 14.9 Å². The van der Waals surface area contributed by atoms with Gasteiger partial charge < -0.3 is 19.9 Å². The highest BCUT2D eigenvalue weighted by molar-refractivity contribution is 6.07. The molecule has 1 N–H and O–H groups in total. The van der Waals surface area contributed by atoms with Crippen LogP contribution < -0.4 is 5.32 Å². The number of rotatable bonds is 5. The van der Waals surface area contributed by atoms with Gasteiger partial charge in [-0.05, 0) is 13.0 Å². The van der Waals surface area contributed by atoms with Crippen LogP contribution in [0.15, 0.2) is 36.0 Å². The lowest BCUT2D eigenvalue weighted by atomic mass is 10.2. The minimum atomic E-state index is -0.736. The van der Waals surface area contributed by atoms with Gasteiger partial charge in [0, 0.05) is 38.4 Å². The summed E-state index contributed by atoms with van der Waals surface area (Å²) in [6, 6.07) is 7.49. The molecule has 0 saturated carbocycles. The Morgan fingerprint density at radius 1 is 1.33 bits per heavy atom. The van der Waals surface area contributed by atoms with E-state index in [4.69, 9.17) is 4.74 Å². The third-order valence-electron chi connectivity index (χ3n) is 3.87. The highest BCUT2D eigenvalue weighted by Crippen LogP contribution is 2.23. The van der Waals surface area contributed by atoms with Crippen molar-refractivity contribution < 1.29 is 19.2 Å². The summed E-state index contributed by atoms with van der Waals surface area (Å²) in [7, 11) is 0. The molecular weight excluding hydrogens is 354 g/mol. The average molecular weight is 373 g/mol. The molecule has 1 aliphatic rings. The third-order valence-corrected chi connectivity index (χ3v) is 3.87. The number of amides is 2. The largest absolute Gasteiger partial charge is 0.450 e. The molecule has 10 heteroatoms. The summed E-state index contributed by atoms with van der Waals surface area (Å²) < 4.78 is 4.94. The lowest BCUT2D eigenvalue weighted by Gasteiger charge is -2.33. The summed E-state index contributed by atoms with van der Waals surface area (Å²) in [6.45, 7) is 3.69. The number of piperazine rings is 1. The fourth-order valence-electron chi connectivity index (χ4n) is 2.50. The molecular formula is C17H19N5O5. The monoisotopic (exact) mass is 373 g/mol. The van der Waals surface area contributed by atoms with Crippen LogP contribution in [-0.4, -0.2) is 59.5 Å². The van der Waals surface area contributed by atoms with Gasteiger partial charge in [0.1, 0.15) is 17.3 Å². The number of anilines is 1. The minimum absolute atomic E-state index is 0.0146. The molecule has 1 heterocycles. The van der Waals surface area contributed by atoms with Gasteiger partial charge in [0.05, 0.1) is 11.5 Å². The lowest BCUT2D eigenvalue weighted by molar-refractivity contribution is -0.383. The predicted molar refractivity (Wildman–Crippen MR) is 95.6 cm³/mol. The molecule has 2 rings (SSSR count). The van der Waals surface area contributed by atoms with Crippen molar-refractivity contribution in [2.24, 2.45) is 0 Å². The lowest BCUT2D eigenvalue weighted by Crippen LogP contribution is -2.47. The number of benzene rings is 1. The van der Waals surface area contributed by atoms with Crippen LogP contribution in [0.1, 0.15) is 6.92 Å². The number of carbonyl (C=O) groups is 2. The Labute approximate surface area is 155 Å². The Balaban J connectivity index is 2.03. The Morgan fingerprint density at radius 3 is 2.59 bits per heavy atom. The predicted octanol–water partition coefficient (Wildman–Crippen LogP) is 1.71. The molecule has 1 aliphatic heterocycles. The third kappa shape index (κ3) is 5.18. The molecule has 0 bridgehead atoms. The van der Waals surface area contributed by atoms with Gasteiger partial charge in [0.2, 0.25) is 0 Å². The van der Waals surface area contributed by atoms with Crippen LogP contribution in [0.2, 0.25) is 0 Å². The SMILES string of the molecule is CCOC(=O)N1CCN(/C=C(/C#N)C(=O)Nc2ccccc2[N+](=O)[O-])CC1. The Bertz CT molecular complexity index is 793. The molecule has 10 nitrogen and oxygen atoms in total. The second-order valence-electron chi connectivity index (χ2n) is 5.60. The highest BCUT2D eigenvalue weighted by Gasteiger charge is 2.22. The average Bonchev–Trinajstić information content (AvgIpc) is 2.67. The molecule has 27 heavy (non-hydrogen) atoms. The second-order valence-corrected chi connectivity index (χ2v) is 5.60. The van der Waals surface area contributed by atoms with Crippen LogP contribution in [0, 0.1) is 21.4 Å². The van der Waals surface area contributed by atoms with Gasteiger partial charge in [-0.15, -0.1) is 0 Å². The van der Waals surface area contributed by atoms with E-state index in [1.807, 2.05) is 0 Å². The maximum Gasteiger partial charge on any atom is 0.409 e. The van der Waals surface area contributed by atoms with Crippen molar-refractivity contribution in [2.45, 2.75) is 6.92 Å². The number of ether oxygens (including phenoxy) is 1. The van der Waals surface area contributed by atoms with Crippen LogP contribution in [0.3, 0.4) is 0 Å². The Hall–Kier alpha value is -3.61. The molecule has 1 fully saturated rings. The van der Waals surface area contributed by atoms with Crippen LogP contribution in [0.4, 0.5) is 16.2 Å². The molecule has 2 amide bonds. The molecule has 0 unspecified atom stereocenters. The standard InChI is InChI=1S/C17H19N5O5/c1-2-27-17(24)21-9-7-20(8-10-21)12-13(11-18)16(23)19-14-5-3-4-6-15(14)22(25)26/h3-6,12H,2,7-10H2,1H3,(H,19,23)/b13-12-. The second kappa shape index (κ2) is 9.19. The molecule has 142 valence electrons. The van der Waals surface area contributed by atoms with E-state index in [9.17, 15) is 25.0 Å². The van der Waals surface area contributed by atoms with Crippen LogP contribution in [0.25, 0.3) is 0 Å². The number of hydrogen-bond acceptors (Lipinski definition) is 7. The topological polar surface area (TPSA) is 129 Å². The van der Waals surface area contributed by atoms with E-state index in [-0.39, 0.29) is 16.9 Å². The number of hydrogen-bond donors (Lipinski definition) is 1. The molecule has 0 spiro atoms. The number of nitrogens with one attached hydrogen (secondary N) is 1. The summed E-state index contributed by atoms with van der Waals surface area (Å²) in [5.41, 5.74) is -0.426. The van der Waals surface area contributed by atoms with Crippen LogP contribution >= 0.6 is 0 Å². The minimum Gasteiger partial charge on any atom is -0.450 e. The quantitative estimate of drug-likeness (QED) is 0.360. The smallest absolute Gasteiger partial charge is 0.409 e.